The summed E-state index contributed by atoms with van der Waals surface area (Å²) in [6.45, 7) is 12.6. The molecule has 0 aromatic heterocycles. The topological polar surface area (TPSA) is 46.5 Å². The second-order valence-electron chi connectivity index (χ2n) is 8.28. The molecule has 1 N–H and O–H groups in total. The largest absolute Gasteiger partial charge is 0.459 e. The van der Waals surface area contributed by atoms with E-state index in [0.717, 1.165) is 25.7 Å². The molecule has 0 bridgehead atoms. The maximum Gasteiger partial charge on any atom is 0.303 e. The first-order chi connectivity index (χ1) is 9.01. The fourth-order valence-corrected chi connectivity index (χ4v) is 5.38. The number of aliphatic hydroxyl groups excluding tert-OH is 1. The van der Waals surface area contributed by atoms with E-state index in [9.17, 15) is 9.90 Å². The number of esters is 1. The van der Waals surface area contributed by atoms with Crippen molar-refractivity contribution < 1.29 is 14.6 Å². The maximum atomic E-state index is 11.4. The quantitative estimate of drug-likeness (QED) is 0.748. The number of hydrogen-bond acceptors (Lipinski definition) is 3. The Morgan fingerprint density at radius 2 is 1.80 bits per heavy atom. The van der Waals surface area contributed by atoms with Crippen LogP contribution in [-0.4, -0.2) is 22.8 Å². The molecule has 3 nitrogen and oxygen atoms in total. The Hall–Kier alpha value is -0.570. The van der Waals surface area contributed by atoms with Gasteiger partial charge in [0, 0.05) is 12.8 Å². The lowest BCUT2D eigenvalue weighted by atomic mass is 9.45. The van der Waals surface area contributed by atoms with Crippen LogP contribution in [-0.2, 0) is 9.53 Å². The van der Waals surface area contributed by atoms with Gasteiger partial charge in [0.25, 0.3) is 0 Å². The van der Waals surface area contributed by atoms with Crippen molar-refractivity contribution in [3.05, 3.63) is 0 Å². The van der Waals surface area contributed by atoms with Crippen LogP contribution in [0.3, 0.4) is 0 Å². The monoisotopic (exact) mass is 282 g/mol. The minimum Gasteiger partial charge on any atom is -0.459 e. The van der Waals surface area contributed by atoms with Gasteiger partial charge in [-0.15, -0.1) is 0 Å². The zero-order valence-electron chi connectivity index (χ0n) is 13.8. The van der Waals surface area contributed by atoms with Crippen LogP contribution in [0, 0.1) is 22.7 Å². The number of carbonyl (C=O) groups excluding carboxylic acids is 1. The Morgan fingerprint density at radius 3 is 2.35 bits per heavy atom. The average Bonchev–Trinajstić information content (AvgIpc) is 2.22. The highest BCUT2D eigenvalue weighted by Crippen LogP contribution is 2.62. The lowest BCUT2D eigenvalue weighted by Crippen LogP contribution is -2.59. The molecule has 0 aromatic carbocycles. The van der Waals surface area contributed by atoms with Crippen LogP contribution in [0.2, 0.25) is 0 Å². The lowest BCUT2D eigenvalue weighted by molar-refractivity contribution is -0.203. The highest BCUT2D eigenvalue weighted by molar-refractivity contribution is 5.66. The van der Waals surface area contributed by atoms with Crippen LogP contribution in [0.1, 0.15) is 67.2 Å². The van der Waals surface area contributed by atoms with Crippen molar-refractivity contribution in [2.75, 3.05) is 0 Å². The number of hydrogen-bond donors (Lipinski definition) is 1. The van der Waals surface area contributed by atoms with Gasteiger partial charge in [0.15, 0.2) is 0 Å². The Balaban J connectivity index is 2.35. The van der Waals surface area contributed by atoms with Crippen molar-refractivity contribution in [3.8, 4) is 0 Å². The van der Waals surface area contributed by atoms with Crippen LogP contribution in [0.5, 0.6) is 0 Å². The molecule has 0 aliphatic heterocycles. The molecule has 5 atom stereocenters. The summed E-state index contributed by atoms with van der Waals surface area (Å²) in [5.41, 5.74) is -0.216. The van der Waals surface area contributed by atoms with E-state index >= 15 is 0 Å². The SMILES string of the molecule is CC(=O)OC1(C)CCC2C(C)(C)CC(O)CC2(C)C1C. The Morgan fingerprint density at radius 1 is 1.20 bits per heavy atom. The molecule has 0 heterocycles. The second-order valence-corrected chi connectivity index (χ2v) is 8.28. The van der Waals surface area contributed by atoms with Gasteiger partial charge in [0.05, 0.1) is 6.10 Å². The molecule has 2 aliphatic rings. The highest BCUT2D eigenvalue weighted by atomic mass is 16.6. The minimum atomic E-state index is -0.399. The number of ether oxygens (including phenoxy) is 1. The number of aliphatic hydroxyl groups is 1. The first-order valence-corrected chi connectivity index (χ1v) is 7.89. The van der Waals surface area contributed by atoms with Gasteiger partial charge in [0.1, 0.15) is 5.60 Å². The zero-order valence-corrected chi connectivity index (χ0v) is 13.8. The molecule has 0 saturated heterocycles. The van der Waals surface area contributed by atoms with E-state index in [4.69, 9.17) is 4.74 Å². The van der Waals surface area contributed by atoms with E-state index in [1.165, 1.54) is 6.92 Å². The van der Waals surface area contributed by atoms with Crippen molar-refractivity contribution in [1.29, 1.82) is 0 Å². The summed E-state index contributed by atoms with van der Waals surface area (Å²) in [7, 11) is 0. The average molecular weight is 282 g/mol. The number of rotatable bonds is 1. The first-order valence-electron chi connectivity index (χ1n) is 7.89. The summed E-state index contributed by atoms with van der Waals surface area (Å²) in [6, 6.07) is 0. The van der Waals surface area contributed by atoms with Crippen LogP contribution < -0.4 is 0 Å². The minimum absolute atomic E-state index is 0.0314. The molecular formula is C17H30O3. The van der Waals surface area contributed by atoms with Gasteiger partial charge in [-0.2, -0.15) is 0 Å². The third-order valence-electron chi connectivity index (χ3n) is 6.39. The standard InChI is InChI=1S/C17H30O3/c1-11-16(5)10-13(19)9-15(3,4)14(16)7-8-17(11,6)20-12(2)18/h11,13-14,19H,7-10H2,1-6H3. The van der Waals surface area contributed by atoms with Gasteiger partial charge in [-0.25, -0.2) is 0 Å². The molecule has 0 amide bonds. The molecule has 0 spiro atoms. The van der Waals surface area contributed by atoms with Crippen LogP contribution in [0.25, 0.3) is 0 Å². The van der Waals surface area contributed by atoms with Gasteiger partial charge in [-0.05, 0) is 49.4 Å². The number of fused-ring (bicyclic) bond motifs is 1. The molecule has 2 saturated carbocycles. The van der Waals surface area contributed by atoms with Crippen molar-refractivity contribution in [2.45, 2.75) is 78.9 Å². The van der Waals surface area contributed by atoms with Gasteiger partial charge in [0.2, 0.25) is 0 Å². The third-order valence-corrected chi connectivity index (χ3v) is 6.39. The van der Waals surface area contributed by atoms with Crippen LogP contribution >= 0.6 is 0 Å². The zero-order chi connectivity index (χ0) is 15.3. The van der Waals surface area contributed by atoms with Gasteiger partial charge < -0.3 is 9.84 Å². The number of carbonyl (C=O) groups is 1. The van der Waals surface area contributed by atoms with Crippen molar-refractivity contribution in [3.63, 3.8) is 0 Å². The first kappa shape index (κ1) is 15.8. The fourth-order valence-electron chi connectivity index (χ4n) is 5.38. The second kappa shape index (κ2) is 4.72. The summed E-state index contributed by atoms with van der Waals surface area (Å²) < 4.78 is 5.69. The van der Waals surface area contributed by atoms with E-state index in [2.05, 4.69) is 34.6 Å². The summed E-state index contributed by atoms with van der Waals surface area (Å²) >= 11 is 0. The fraction of sp³-hybridized carbons (Fsp3) is 0.941. The molecule has 20 heavy (non-hydrogen) atoms. The van der Waals surface area contributed by atoms with Crippen molar-refractivity contribution in [2.24, 2.45) is 22.7 Å². The Kier molecular flexibility index (Phi) is 3.73. The van der Waals surface area contributed by atoms with Gasteiger partial charge >= 0.3 is 5.97 Å². The Labute approximate surface area is 123 Å². The predicted octanol–water partition coefficient (Wildman–Crippen LogP) is 3.54. The van der Waals surface area contributed by atoms with E-state index in [0.29, 0.717) is 5.92 Å². The molecule has 116 valence electrons. The van der Waals surface area contributed by atoms with E-state index in [1.54, 1.807) is 0 Å². The smallest absolute Gasteiger partial charge is 0.303 e. The van der Waals surface area contributed by atoms with E-state index < -0.39 is 5.60 Å². The molecule has 0 radical (unpaired) electrons. The molecule has 2 rings (SSSR count). The summed E-state index contributed by atoms with van der Waals surface area (Å²) in [6.07, 6.45) is 3.45. The molecule has 5 unspecified atom stereocenters. The molecule has 2 fully saturated rings. The normalized spacial score (nSPS) is 47.5. The Bertz CT molecular complexity index is 403. The van der Waals surface area contributed by atoms with E-state index in [1.807, 2.05) is 0 Å². The van der Waals surface area contributed by atoms with Crippen LogP contribution in [0.4, 0.5) is 0 Å². The summed E-state index contributed by atoms with van der Waals surface area (Å²) in [4.78, 5) is 11.4. The summed E-state index contributed by atoms with van der Waals surface area (Å²) in [5, 5.41) is 10.3. The molecular weight excluding hydrogens is 252 g/mol. The highest BCUT2D eigenvalue weighted by Gasteiger charge is 2.59. The summed E-state index contributed by atoms with van der Waals surface area (Å²) in [5.74, 6) is 0.640. The molecule has 0 aromatic rings. The van der Waals surface area contributed by atoms with Gasteiger partial charge in [-0.1, -0.05) is 27.7 Å². The lowest BCUT2D eigenvalue weighted by Gasteiger charge is -2.61. The molecule has 3 heteroatoms. The maximum absolute atomic E-state index is 11.4. The molecule has 2 aliphatic carbocycles. The van der Waals surface area contributed by atoms with Crippen LogP contribution in [0.15, 0.2) is 0 Å². The van der Waals surface area contributed by atoms with Crippen molar-refractivity contribution in [1.82, 2.24) is 0 Å². The van der Waals surface area contributed by atoms with Gasteiger partial charge in [-0.3, -0.25) is 4.79 Å². The third kappa shape index (κ3) is 2.38. The predicted molar refractivity (Wildman–Crippen MR) is 79.2 cm³/mol. The van der Waals surface area contributed by atoms with Crippen molar-refractivity contribution >= 4 is 5.97 Å². The van der Waals surface area contributed by atoms with E-state index in [-0.39, 0.29) is 28.8 Å².